The number of rotatable bonds is 8. The number of hydrogen-bond donors (Lipinski definition) is 2. The Morgan fingerprint density at radius 3 is 2.46 bits per heavy atom. The molecule has 2 aromatic rings. The molecule has 0 saturated carbocycles. The van der Waals surface area contributed by atoms with Crippen molar-refractivity contribution in [3.63, 3.8) is 0 Å². The number of ether oxygens (including phenoxy) is 1. The van der Waals surface area contributed by atoms with Crippen LogP contribution >= 0.6 is 0 Å². The molecule has 1 fully saturated rings. The molecule has 140 valence electrons. The second-order valence-electron chi connectivity index (χ2n) is 6.86. The Bertz CT molecular complexity index is 643. The molecule has 1 heterocycles. The van der Waals surface area contributed by atoms with Crippen LogP contribution in [0.2, 0.25) is 0 Å². The minimum absolute atomic E-state index is 0.188. The zero-order valence-electron chi connectivity index (χ0n) is 15.0. The lowest BCUT2D eigenvalue weighted by Crippen LogP contribution is -2.45. The maximum Gasteiger partial charge on any atom is 0.123 e. The third-order valence-electron chi connectivity index (χ3n) is 4.73. The van der Waals surface area contributed by atoms with Gasteiger partial charge in [-0.05, 0) is 55.8 Å². The first kappa shape index (κ1) is 18.8. The van der Waals surface area contributed by atoms with Crippen LogP contribution in [0.4, 0.5) is 4.39 Å². The molecule has 0 unspecified atom stereocenters. The number of likely N-dealkylation sites (tertiary alicyclic amines) is 1. The average Bonchev–Trinajstić information content (AvgIpc) is 2.68. The van der Waals surface area contributed by atoms with Crippen LogP contribution in [0, 0.1) is 5.82 Å². The van der Waals surface area contributed by atoms with Gasteiger partial charge in [0.1, 0.15) is 24.3 Å². The first-order valence-corrected chi connectivity index (χ1v) is 9.25. The van der Waals surface area contributed by atoms with Crippen LogP contribution in [0.15, 0.2) is 54.6 Å². The fourth-order valence-corrected chi connectivity index (χ4v) is 3.21. The maximum atomic E-state index is 13.0. The Morgan fingerprint density at radius 2 is 1.77 bits per heavy atom. The van der Waals surface area contributed by atoms with Gasteiger partial charge in [-0.3, -0.25) is 4.90 Å². The standard InChI is InChI=1S/C21H27FN2O2/c22-18-8-6-17(7-9-18)15-24-12-10-19(11-13-24)23-14-20(25)16-26-21-4-2-1-3-5-21/h1-9,19-20,23,25H,10-16H2/t20-/m0/s1. The summed E-state index contributed by atoms with van der Waals surface area (Å²) >= 11 is 0. The van der Waals surface area contributed by atoms with Crippen molar-refractivity contribution in [1.29, 1.82) is 0 Å². The molecule has 26 heavy (non-hydrogen) atoms. The van der Waals surface area contributed by atoms with E-state index in [9.17, 15) is 9.50 Å². The van der Waals surface area contributed by atoms with Crippen LogP contribution < -0.4 is 10.1 Å². The lowest BCUT2D eigenvalue weighted by molar-refractivity contribution is 0.0979. The number of halogens is 1. The van der Waals surface area contributed by atoms with Crippen LogP contribution in [0.25, 0.3) is 0 Å². The molecule has 0 radical (unpaired) electrons. The van der Waals surface area contributed by atoms with E-state index in [-0.39, 0.29) is 5.82 Å². The van der Waals surface area contributed by atoms with E-state index in [0.29, 0.717) is 19.2 Å². The van der Waals surface area contributed by atoms with E-state index in [0.717, 1.165) is 43.8 Å². The van der Waals surface area contributed by atoms with Crippen molar-refractivity contribution in [2.24, 2.45) is 0 Å². The first-order valence-electron chi connectivity index (χ1n) is 9.25. The maximum absolute atomic E-state index is 13.0. The number of aliphatic hydroxyl groups is 1. The molecule has 5 heteroatoms. The molecular formula is C21H27FN2O2. The van der Waals surface area contributed by atoms with Crippen LogP contribution in [0.5, 0.6) is 5.75 Å². The number of nitrogens with zero attached hydrogens (tertiary/aromatic N) is 1. The molecule has 2 aromatic carbocycles. The van der Waals surface area contributed by atoms with Crippen LogP contribution in [0.3, 0.4) is 0 Å². The van der Waals surface area contributed by atoms with Gasteiger partial charge in [-0.15, -0.1) is 0 Å². The molecule has 3 rings (SSSR count). The van der Waals surface area contributed by atoms with E-state index >= 15 is 0 Å². The van der Waals surface area contributed by atoms with Gasteiger partial charge in [0.05, 0.1) is 0 Å². The fraction of sp³-hybridized carbons (Fsp3) is 0.429. The fourth-order valence-electron chi connectivity index (χ4n) is 3.21. The molecule has 1 atom stereocenters. The van der Waals surface area contributed by atoms with Crippen LogP contribution in [-0.4, -0.2) is 48.4 Å². The quantitative estimate of drug-likeness (QED) is 0.762. The summed E-state index contributed by atoms with van der Waals surface area (Å²) in [5.74, 6) is 0.590. The van der Waals surface area contributed by atoms with E-state index in [1.54, 1.807) is 0 Å². The van der Waals surface area contributed by atoms with Crippen LogP contribution in [-0.2, 0) is 6.54 Å². The predicted molar refractivity (Wildman–Crippen MR) is 101 cm³/mol. The Balaban J connectivity index is 1.31. The van der Waals surface area contributed by atoms with Gasteiger partial charge >= 0.3 is 0 Å². The predicted octanol–water partition coefficient (Wildman–Crippen LogP) is 2.82. The molecule has 1 saturated heterocycles. The summed E-state index contributed by atoms with van der Waals surface area (Å²) in [6.07, 6.45) is 1.58. The van der Waals surface area contributed by atoms with E-state index < -0.39 is 6.10 Å². The van der Waals surface area contributed by atoms with Crippen molar-refractivity contribution in [3.8, 4) is 5.75 Å². The largest absolute Gasteiger partial charge is 0.491 e. The SMILES string of the molecule is O[C@@H](CNC1CCN(Cc2ccc(F)cc2)CC1)COc1ccccc1. The lowest BCUT2D eigenvalue weighted by Gasteiger charge is -2.33. The van der Waals surface area contributed by atoms with Crippen molar-refractivity contribution < 1.29 is 14.2 Å². The second kappa shape index (κ2) is 9.67. The van der Waals surface area contributed by atoms with E-state index in [4.69, 9.17) is 4.74 Å². The molecule has 2 N–H and O–H groups in total. The molecule has 0 aromatic heterocycles. The number of nitrogens with one attached hydrogen (secondary N) is 1. The average molecular weight is 358 g/mol. The van der Waals surface area contributed by atoms with Gasteiger partial charge in [-0.25, -0.2) is 4.39 Å². The molecular weight excluding hydrogens is 331 g/mol. The smallest absolute Gasteiger partial charge is 0.123 e. The summed E-state index contributed by atoms with van der Waals surface area (Å²) in [6.45, 7) is 3.70. The van der Waals surface area contributed by atoms with Gasteiger partial charge in [0, 0.05) is 19.1 Å². The van der Waals surface area contributed by atoms with E-state index in [1.165, 1.54) is 12.1 Å². The van der Waals surface area contributed by atoms with Crippen molar-refractivity contribution in [2.45, 2.75) is 31.5 Å². The summed E-state index contributed by atoms with van der Waals surface area (Å²) in [5, 5.41) is 13.5. The lowest BCUT2D eigenvalue weighted by atomic mass is 10.0. The molecule has 0 bridgehead atoms. The summed E-state index contributed by atoms with van der Waals surface area (Å²) in [7, 11) is 0. The summed E-state index contributed by atoms with van der Waals surface area (Å²) in [6, 6.07) is 16.7. The Morgan fingerprint density at radius 1 is 1.08 bits per heavy atom. The van der Waals surface area contributed by atoms with Gasteiger partial charge in [-0.2, -0.15) is 0 Å². The Kier molecular flexibility index (Phi) is 7.00. The number of aliphatic hydroxyl groups excluding tert-OH is 1. The number of benzene rings is 2. The highest BCUT2D eigenvalue weighted by Crippen LogP contribution is 2.14. The van der Waals surface area contributed by atoms with E-state index in [2.05, 4.69) is 10.2 Å². The zero-order valence-corrected chi connectivity index (χ0v) is 15.0. The van der Waals surface area contributed by atoms with Crippen LogP contribution in [0.1, 0.15) is 18.4 Å². The number of piperidine rings is 1. The first-order chi connectivity index (χ1) is 12.7. The van der Waals surface area contributed by atoms with Gasteiger partial charge in [0.15, 0.2) is 0 Å². The highest BCUT2D eigenvalue weighted by molar-refractivity contribution is 5.21. The molecule has 0 spiro atoms. The Hall–Kier alpha value is -1.95. The number of hydrogen-bond acceptors (Lipinski definition) is 4. The van der Waals surface area contributed by atoms with Gasteiger partial charge in [-0.1, -0.05) is 30.3 Å². The minimum atomic E-state index is -0.521. The highest BCUT2D eigenvalue weighted by Gasteiger charge is 2.19. The van der Waals surface area contributed by atoms with E-state index in [1.807, 2.05) is 42.5 Å². The third-order valence-corrected chi connectivity index (χ3v) is 4.73. The van der Waals surface area contributed by atoms with Gasteiger partial charge in [0.2, 0.25) is 0 Å². The Labute approximate surface area is 154 Å². The van der Waals surface area contributed by atoms with Gasteiger partial charge in [0.25, 0.3) is 0 Å². The second-order valence-corrected chi connectivity index (χ2v) is 6.86. The van der Waals surface area contributed by atoms with Crippen molar-refractivity contribution in [3.05, 3.63) is 66.0 Å². The van der Waals surface area contributed by atoms with Crippen molar-refractivity contribution >= 4 is 0 Å². The topological polar surface area (TPSA) is 44.7 Å². The molecule has 4 nitrogen and oxygen atoms in total. The molecule has 1 aliphatic heterocycles. The zero-order chi connectivity index (χ0) is 18.2. The monoisotopic (exact) mass is 358 g/mol. The highest BCUT2D eigenvalue weighted by atomic mass is 19.1. The minimum Gasteiger partial charge on any atom is -0.491 e. The molecule has 1 aliphatic rings. The van der Waals surface area contributed by atoms with Crippen molar-refractivity contribution in [2.75, 3.05) is 26.2 Å². The summed E-state index contributed by atoms with van der Waals surface area (Å²) in [4.78, 5) is 2.39. The third kappa shape index (κ3) is 6.09. The summed E-state index contributed by atoms with van der Waals surface area (Å²) in [5.41, 5.74) is 1.14. The molecule has 0 aliphatic carbocycles. The van der Waals surface area contributed by atoms with Crippen molar-refractivity contribution in [1.82, 2.24) is 10.2 Å². The summed E-state index contributed by atoms with van der Waals surface area (Å²) < 4.78 is 18.5. The number of para-hydroxylation sites is 1. The normalized spacial score (nSPS) is 17.2. The van der Waals surface area contributed by atoms with Gasteiger partial charge < -0.3 is 15.2 Å². The molecule has 0 amide bonds.